The molecular formula is C16H19BrN2O2. The Morgan fingerprint density at radius 2 is 2.05 bits per heavy atom. The lowest BCUT2D eigenvalue weighted by atomic mass is 10.1. The molecule has 0 saturated heterocycles. The Balaban J connectivity index is 2.07. The standard InChI is InChI=1S/C16H19BrN2O2/c1-3-19(4-2)16(20)12-6-5-7-13(10-12)18-11-15-14(17)8-9-21-15/h5-10,18H,3-4,11H2,1-2H3. The first-order chi connectivity index (χ1) is 10.2. The number of furan rings is 1. The van der Waals surface area contributed by atoms with E-state index in [1.54, 1.807) is 6.26 Å². The van der Waals surface area contributed by atoms with Gasteiger partial charge in [0.2, 0.25) is 0 Å². The average Bonchev–Trinajstić information content (AvgIpc) is 2.92. The van der Waals surface area contributed by atoms with Gasteiger partial charge in [0.25, 0.3) is 5.91 Å². The van der Waals surface area contributed by atoms with Gasteiger partial charge in [-0.1, -0.05) is 6.07 Å². The van der Waals surface area contributed by atoms with E-state index in [0.717, 1.165) is 15.9 Å². The van der Waals surface area contributed by atoms with Crippen molar-refractivity contribution in [1.29, 1.82) is 0 Å². The monoisotopic (exact) mass is 350 g/mol. The molecule has 2 aromatic rings. The quantitative estimate of drug-likeness (QED) is 0.851. The molecule has 1 heterocycles. The summed E-state index contributed by atoms with van der Waals surface area (Å²) in [5, 5.41) is 3.26. The first-order valence-electron chi connectivity index (χ1n) is 7.00. The zero-order valence-corrected chi connectivity index (χ0v) is 13.8. The van der Waals surface area contributed by atoms with Gasteiger partial charge in [0.15, 0.2) is 0 Å². The summed E-state index contributed by atoms with van der Waals surface area (Å²) >= 11 is 3.42. The number of nitrogens with zero attached hydrogens (tertiary/aromatic N) is 1. The van der Waals surface area contributed by atoms with Crippen LogP contribution in [0.5, 0.6) is 0 Å². The largest absolute Gasteiger partial charge is 0.466 e. The Morgan fingerprint density at radius 1 is 1.29 bits per heavy atom. The number of hydrogen-bond acceptors (Lipinski definition) is 3. The lowest BCUT2D eigenvalue weighted by Crippen LogP contribution is -2.30. The highest BCUT2D eigenvalue weighted by Gasteiger charge is 2.12. The van der Waals surface area contributed by atoms with Gasteiger partial charge in [-0.25, -0.2) is 0 Å². The van der Waals surface area contributed by atoms with Crippen LogP contribution in [0.15, 0.2) is 45.5 Å². The molecule has 21 heavy (non-hydrogen) atoms. The van der Waals surface area contributed by atoms with Crippen LogP contribution in [0.2, 0.25) is 0 Å². The predicted octanol–water partition coefficient (Wildman–Crippen LogP) is 4.14. The van der Waals surface area contributed by atoms with Crippen molar-refractivity contribution >= 4 is 27.5 Å². The van der Waals surface area contributed by atoms with Crippen molar-refractivity contribution in [2.75, 3.05) is 18.4 Å². The second-order valence-corrected chi connectivity index (χ2v) is 5.46. The van der Waals surface area contributed by atoms with Crippen molar-refractivity contribution in [3.05, 3.63) is 52.4 Å². The molecule has 0 aliphatic heterocycles. The lowest BCUT2D eigenvalue weighted by Gasteiger charge is -2.19. The van der Waals surface area contributed by atoms with E-state index in [1.807, 2.05) is 49.1 Å². The Labute approximate surface area is 133 Å². The van der Waals surface area contributed by atoms with Crippen molar-refractivity contribution in [3.8, 4) is 0 Å². The molecule has 1 aromatic carbocycles. The van der Waals surface area contributed by atoms with Crippen molar-refractivity contribution in [3.63, 3.8) is 0 Å². The van der Waals surface area contributed by atoms with Crippen LogP contribution in [-0.2, 0) is 6.54 Å². The van der Waals surface area contributed by atoms with Gasteiger partial charge in [0.1, 0.15) is 5.76 Å². The molecule has 5 heteroatoms. The van der Waals surface area contributed by atoms with Gasteiger partial charge in [0.05, 0.1) is 17.3 Å². The van der Waals surface area contributed by atoms with E-state index in [-0.39, 0.29) is 5.91 Å². The normalized spacial score (nSPS) is 10.4. The average molecular weight is 351 g/mol. The number of rotatable bonds is 6. The third-order valence-electron chi connectivity index (χ3n) is 3.30. The first-order valence-corrected chi connectivity index (χ1v) is 7.80. The molecule has 0 spiro atoms. The van der Waals surface area contributed by atoms with Crippen LogP contribution in [-0.4, -0.2) is 23.9 Å². The Bertz CT molecular complexity index is 606. The van der Waals surface area contributed by atoms with Crippen LogP contribution >= 0.6 is 15.9 Å². The third kappa shape index (κ3) is 3.88. The Hall–Kier alpha value is -1.75. The summed E-state index contributed by atoms with van der Waals surface area (Å²) in [6.07, 6.45) is 1.64. The molecule has 0 aliphatic carbocycles. The summed E-state index contributed by atoms with van der Waals surface area (Å²) < 4.78 is 6.29. The minimum Gasteiger partial charge on any atom is -0.466 e. The van der Waals surface area contributed by atoms with E-state index < -0.39 is 0 Å². The zero-order chi connectivity index (χ0) is 15.2. The highest BCUT2D eigenvalue weighted by molar-refractivity contribution is 9.10. The molecule has 0 atom stereocenters. The molecule has 0 bridgehead atoms. The van der Waals surface area contributed by atoms with Gasteiger partial charge in [0, 0.05) is 24.3 Å². The molecule has 4 nitrogen and oxygen atoms in total. The molecule has 0 radical (unpaired) electrons. The van der Waals surface area contributed by atoms with Crippen LogP contribution in [0, 0.1) is 0 Å². The molecule has 0 fully saturated rings. The minimum absolute atomic E-state index is 0.0582. The van der Waals surface area contributed by atoms with E-state index >= 15 is 0 Å². The van der Waals surface area contributed by atoms with Gasteiger partial charge in [-0.3, -0.25) is 4.79 Å². The fourth-order valence-corrected chi connectivity index (χ4v) is 2.43. The van der Waals surface area contributed by atoms with Crippen molar-refractivity contribution in [1.82, 2.24) is 4.90 Å². The summed E-state index contributed by atoms with van der Waals surface area (Å²) in [7, 11) is 0. The number of benzene rings is 1. The molecular weight excluding hydrogens is 332 g/mol. The SMILES string of the molecule is CCN(CC)C(=O)c1cccc(NCc2occc2Br)c1. The van der Waals surface area contributed by atoms with Crippen molar-refractivity contribution in [2.45, 2.75) is 20.4 Å². The number of nitrogens with one attached hydrogen (secondary N) is 1. The number of amides is 1. The fraction of sp³-hybridized carbons (Fsp3) is 0.312. The Kier molecular flexibility index (Phi) is 5.44. The molecule has 1 N–H and O–H groups in total. The zero-order valence-electron chi connectivity index (χ0n) is 12.2. The molecule has 0 unspecified atom stereocenters. The molecule has 112 valence electrons. The van der Waals surface area contributed by atoms with Gasteiger partial charge < -0.3 is 14.6 Å². The molecule has 0 aliphatic rings. The predicted molar refractivity (Wildman–Crippen MR) is 87.4 cm³/mol. The third-order valence-corrected chi connectivity index (χ3v) is 4.01. The molecule has 1 aromatic heterocycles. The van der Waals surface area contributed by atoms with Crippen molar-refractivity contribution < 1.29 is 9.21 Å². The van der Waals surface area contributed by atoms with E-state index in [4.69, 9.17) is 4.42 Å². The van der Waals surface area contributed by atoms with E-state index in [9.17, 15) is 4.79 Å². The molecule has 1 amide bonds. The first kappa shape index (κ1) is 15.6. The second-order valence-electron chi connectivity index (χ2n) is 4.60. The van der Waals surface area contributed by atoms with Crippen LogP contribution in [0.4, 0.5) is 5.69 Å². The summed E-state index contributed by atoms with van der Waals surface area (Å²) in [5.74, 6) is 0.887. The van der Waals surface area contributed by atoms with Gasteiger partial charge >= 0.3 is 0 Å². The van der Waals surface area contributed by atoms with E-state index in [0.29, 0.717) is 25.2 Å². The van der Waals surface area contributed by atoms with Crippen LogP contribution in [0.3, 0.4) is 0 Å². The fourth-order valence-electron chi connectivity index (χ4n) is 2.09. The lowest BCUT2D eigenvalue weighted by molar-refractivity contribution is 0.0773. The van der Waals surface area contributed by atoms with Gasteiger partial charge in [-0.05, 0) is 54.0 Å². The van der Waals surface area contributed by atoms with Crippen LogP contribution < -0.4 is 5.32 Å². The van der Waals surface area contributed by atoms with Gasteiger partial charge in [-0.15, -0.1) is 0 Å². The number of hydrogen-bond donors (Lipinski definition) is 1. The molecule has 2 rings (SSSR count). The topological polar surface area (TPSA) is 45.5 Å². The number of halogens is 1. The number of anilines is 1. The number of carbonyl (C=O) groups is 1. The van der Waals surface area contributed by atoms with Crippen LogP contribution in [0.1, 0.15) is 30.0 Å². The maximum absolute atomic E-state index is 12.3. The highest BCUT2D eigenvalue weighted by atomic mass is 79.9. The highest BCUT2D eigenvalue weighted by Crippen LogP contribution is 2.20. The molecule has 0 saturated carbocycles. The maximum Gasteiger partial charge on any atom is 0.253 e. The number of carbonyl (C=O) groups excluding carboxylic acids is 1. The summed E-state index contributed by atoms with van der Waals surface area (Å²) in [4.78, 5) is 14.1. The van der Waals surface area contributed by atoms with Crippen LogP contribution in [0.25, 0.3) is 0 Å². The van der Waals surface area contributed by atoms with E-state index in [1.165, 1.54) is 0 Å². The summed E-state index contributed by atoms with van der Waals surface area (Å²) in [6, 6.07) is 9.40. The minimum atomic E-state index is 0.0582. The summed E-state index contributed by atoms with van der Waals surface area (Å²) in [6.45, 7) is 5.96. The second kappa shape index (κ2) is 7.31. The van der Waals surface area contributed by atoms with Crippen molar-refractivity contribution in [2.24, 2.45) is 0 Å². The van der Waals surface area contributed by atoms with E-state index in [2.05, 4.69) is 21.2 Å². The smallest absolute Gasteiger partial charge is 0.253 e. The maximum atomic E-state index is 12.3. The van der Waals surface area contributed by atoms with Gasteiger partial charge in [-0.2, -0.15) is 0 Å². The Morgan fingerprint density at radius 3 is 2.67 bits per heavy atom. The summed E-state index contributed by atoms with van der Waals surface area (Å²) in [5.41, 5.74) is 1.60.